The number of carboxylic acid groups (broad SMARTS) is 1. The highest BCUT2D eigenvalue weighted by Crippen LogP contribution is 2.18. The largest absolute Gasteiger partial charge is 0.481 e. The zero-order chi connectivity index (χ0) is 14.0. The highest BCUT2D eigenvalue weighted by atomic mass is 19.1. The van der Waals surface area contributed by atoms with Crippen molar-refractivity contribution in [2.45, 2.75) is 12.8 Å². The molecule has 0 bridgehead atoms. The van der Waals surface area contributed by atoms with Crippen molar-refractivity contribution in [2.24, 2.45) is 5.92 Å². The van der Waals surface area contributed by atoms with Crippen molar-refractivity contribution in [1.82, 2.24) is 4.90 Å². The Morgan fingerprint density at radius 1 is 1.37 bits per heavy atom. The smallest absolute Gasteiger partial charge is 0.308 e. The third-order valence-electron chi connectivity index (χ3n) is 3.24. The number of rotatable bonds is 3. The Bertz CT molecular complexity index is 519. The fourth-order valence-corrected chi connectivity index (χ4v) is 2.14. The van der Waals surface area contributed by atoms with Gasteiger partial charge < -0.3 is 10.0 Å². The van der Waals surface area contributed by atoms with Gasteiger partial charge in [-0.2, -0.15) is 0 Å². The van der Waals surface area contributed by atoms with Crippen LogP contribution >= 0.6 is 0 Å². The maximum atomic E-state index is 13.4. The summed E-state index contributed by atoms with van der Waals surface area (Å²) >= 11 is 0. The number of likely N-dealkylation sites (tertiary alicyclic amines) is 1. The van der Waals surface area contributed by atoms with E-state index in [1.54, 1.807) is 0 Å². The molecule has 2 rings (SSSR count). The van der Waals surface area contributed by atoms with E-state index in [2.05, 4.69) is 0 Å². The van der Waals surface area contributed by atoms with Crippen LogP contribution in [0.4, 0.5) is 8.78 Å². The zero-order valence-corrected chi connectivity index (χ0v) is 10.1. The third kappa shape index (κ3) is 3.07. The summed E-state index contributed by atoms with van der Waals surface area (Å²) in [5, 5.41) is 8.84. The summed E-state index contributed by atoms with van der Waals surface area (Å²) in [4.78, 5) is 24.0. The van der Waals surface area contributed by atoms with Crippen molar-refractivity contribution in [3.05, 3.63) is 35.4 Å². The summed E-state index contributed by atoms with van der Waals surface area (Å²) in [6, 6.07) is 2.94. The second-order valence-corrected chi connectivity index (χ2v) is 4.58. The Morgan fingerprint density at radius 2 is 2.11 bits per heavy atom. The number of amides is 1. The van der Waals surface area contributed by atoms with E-state index in [0.29, 0.717) is 13.0 Å². The fraction of sp³-hybridized carbons (Fsp3) is 0.385. The Hall–Kier alpha value is -1.98. The average Bonchev–Trinajstić information content (AvgIpc) is 2.83. The summed E-state index contributed by atoms with van der Waals surface area (Å²) < 4.78 is 26.4. The molecule has 19 heavy (non-hydrogen) atoms. The first-order valence-corrected chi connectivity index (χ1v) is 5.92. The number of carboxylic acids is 1. The number of hydrogen-bond donors (Lipinski definition) is 1. The molecule has 0 aliphatic carbocycles. The number of aliphatic carboxylic acids is 1. The fourth-order valence-electron chi connectivity index (χ4n) is 2.14. The van der Waals surface area contributed by atoms with Crippen molar-refractivity contribution in [3.8, 4) is 0 Å². The summed E-state index contributed by atoms with van der Waals surface area (Å²) in [6.07, 6.45) is 0.142. The summed E-state index contributed by atoms with van der Waals surface area (Å²) in [5.74, 6) is -3.13. The van der Waals surface area contributed by atoms with Gasteiger partial charge in [0.15, 0.2) is 0 Å². The molecule has 6 heteroatoms. The second kappa shape index (κ2) is 5.34. The van der Waals surface area contributed by atoms with Crippen LogP contribution in [0.25, 0.3) is 0 Å². The molecule has 1 aliphatic rings. The van der Waals surface area contributed by atoms with Crippen molar-refractivity contribution in [3.63, 3.8) is 0 Å². The summed E-state index contributed by atoms with van der Waals surface area (Å²) in [6.45, 7) is 0.470. The van der Waals surface area contributed by atoms with Crippen molar-refractivity contribution in [1.29, 1.82) is 0 Å². The maximum Gasteiger partial charge on any atom is 0.308 e. The van der Waals surface area contributed by atoms with Crippen molar-refractivity contribution >= 4 is 11.9 Å². The summed E-state index contributed by atoms with van der Waals surface area (Å²) in [7, 11) is 0. The zero-order valence-electron chi connectivity index (χ0n) is 10.1. The molecule has 0 unspecified atom stereocenters. The molecular formula is C13H13F2NO3. The van der Waals surface area contributed by atoms with Crippen LogP contribution in [0.15, 0.2) is 18.2 Å². The molecule has 0 radical (unpaired) electrons. The van der Waals surface area contributed by atoms with Crippen LogP contribution in [-0.2, 0) is 16.0 Å². The Kier molecular flexibility index (Phi) is 3.78. The molecule has 1 N–H and O–H groups in total. The van der Waals surface area contributed by atoms with Gasteiger partial charge in [0.1, 0.15) is 11.6 Å². The molecule has 0 aromatic heterocycles. The Balaban J connectivity index is 2.02. The monoisotopic (exact) mass is 269 g/mol. The normalized spacial score (nSPS) is 18.6. The average molecular weight is 269 g/mol. The van der Waals surface area contributed by atoms with Gasteiger partial charge in [-0.15, -0.1) is 0 Å². The van der Waals surface area contributed by atoms with Gasteiger partial charge in [0.25, 0.3) is 0 Å². The van der Waals surface area contributed by atoms with Crippen LogP contribution in [0, 0.1) is 17.6 Å². The molecule has 1 aliphatic heterocycles. The first-order chi connectivity index (χ1) is 8.97. The first-order valence-electron chi connectivity index (χ1n) is 5.92. The molecule has 102 valence electrons. The number of halogens is 2. The number of nitrogens with zero attached hydrogens (tertiary/aromatic N) is 1. The SMILES string of the molecule is O=C(O)[C@H]1CCN(C(=O)Cc2cc(F)ccc2F)C1. The van der Waals surface area contributed by atoms with Crippen LogP contribution in [0.2, 0.25) is 0 Å². The van der Waals surface area contributed by atoms with E-state index >= 15 is 0 Å². The summed E-state index contributed by atoms with van der Waals surface area (Å²) in [5.41, 5.74) is -0.0104. The van der Waals surface area contributed by atoms with Crippen LogP contribution in [0.5, 0.6) is 0 Å². The molecule has 1 amide bonds. The van der Waals surface area contributed by atoms with E-state index < -0.39 is 23.5 Å². The van der Waals surface area contributed by atoms with Gasteiger partial charge in [-0.25, -0.2) is 8.78 Å². The highest BCUT2D eigenvalue weighted by Gasteiger charge is 2.30. The van der Waals surface area contributed by atoms with Gasteiger partial charge >= 0.3 is 5.97 Å². The van der Waals surface area contributed by atoms with Crippen LogP contribution in [-0.4, -0.2) is 35.0 Å². The molecular weight excluding hydrogens is 256 g/mol. The minimum atomic E-state index is -0.938. The van der Waals surface area contributed by atoms with Gasteiger partial charge in [0.05, 0.1) is 12.3 Å². The van der Waals surface area contributed by atoms with E-state index in [1.807, 2.05) is 0 Å². The molecule has 1 fully saturated rings. The first kappa shape index (κ1) is 13.5. The van der Waals surface area contributed by atoms with E-state index in [0.717, 1.165) is 18.2 Å². The van der Waals surface area contributed by atoms with Crippen molar-refractivity contribution in [2.75, 3.05) is 13.1 Å². The molecule has 1 aromatic carbocycles. The van der Waals surface area contributed by atoms with Crippen LogP contribution < -0.4 is 0 Å². The molecule has 1 heterocycles. The van der Waals surface area contributed by atoms with Gasteiger partial charge in [-0.3, -0.25) is 9.59 Å². The lowest BCUT2D eigenvalue weighted by atomic mass is 10.1. The number of carbonyl (C=O) groups excluding carboxylic acids is 1. The predicted molar refractivity (Wildman–Crippen MR) is 62.4 cm³/mol. The second-order valence-electron chi connectivity index (χ2n) is 4.58. The molecule has 1 atom stereocenters. The third-order valence-corrected chi connectivity index (χ3v) is 3.24. The van der Waals surface area contributed by atoms with E-state index in [9.17, 15) is 18.4 Å². The maximum absolute atomic E-state index is 13.4. The topological polar surface area (TPSA) is 57.6 Å². The minimum Gasteiger partial charge on any atom is -0.481 e. The van der Waals surface area contributed by atoms with Crippen LogP contribution in [0.1, 0.15) is 12.0 Å². The van der Waals surface area contributed by atoms with Gasteiger partial charge in [-0.05, 0) is 24.6 Å². The van der Waals surface area contributed by atoms with Gasteiger partial charge in [0, 0.05) is 18.7 Å². The standard InChI is InChI=1S/C13H13F2NO3/c14-10-1-2-11(15)9(5-10)6-12(17)16-4-3-8(7-16)13(18)19/h1-2,5,8H,3-4,6-7H2,(H,18,19)/t8-/m0/s1. The highest BCUT2D eigenvalue weighted by molar-refractivity contribution is 5.80. The molecule has 1 saturated heterocycles. The number of benzene rings is 1. The lowest BCUT2D eigenvalue weighted by molar-refractivity contribution is -0.141. The quantitative estimate of drug-likeness (QED) is 0.903. The number of carbonyl (C=O) groups is 2. The molecule has 0 saturated carbocycles. The van der Waals surface area contributed by atoms with Gasteiger partial charge in [0.2, 0.25) is 5.91 Å². The molecule has 0 spiro atoms. The number of hydrogen-bond acceptors (Lipinski definition) is 2. The van der Waals surface area contributed by atoms with Gasteiger partial charge in [-0.1, -0.05) is 0 Å². The van der Waals surface area contributed by atoms with Crippen LogP contribution in [0.3, 0.4) is 0 Å². The van der Waals surface area contributed by atoms with E-state index in [4.69, 9.17) is 5.11 Å². The Morgan fingerprint density at radius 3 is 2.74 bits per heavy atom. The predicted octanol–water partition coefficient (Wildman–Crippen LogP) is 1.44. The molecule has 1 aromatic rings. The Labute approximate surface area is 108 Å². The van der Waals surface area contributed by atoms with Crippen molar-refractivity contribution < 1.29 is 23.5 Å². The minimum absolute atomic E-state index is 0.0104. The van der Waals surface area contributed by atoms with E-state index in [-0.39, 0.29) is 24.4 Å². The lowest BCUT2D eigenvalue weighted by Crippen LogP contribution is -2.31. The van der Waals surface area contributed by atoms with E-state index in [1.165, 1.54) is 4.90 Å². The molecule has 4 nitrogen and oxygen atoms in total. The lowest BCUT2D eigenvalue weighted by Gasteiger charge is -2.16.